The monoisotopic (exact) mass is 562 g/mol. The van der Waals surface area contributed by atoms with E-state index >= 15 is 0 Å². The van der Waals surface area contributed by atoms with E-state index in [0.29, 0.717) is 13.0 Å². The van der Waals surface area contributed by atoms with E-state index in [-0.39, 0.29) is 46.9 Å². The van der Waals surface area contributed by atoms with Gasteiger partial charge < -0.3 is 22.8 Å². The molecular formula is C27H58O6Si3. The summed E-state index contributed by atoms with van der Waals surface area (Å²) in [4.78, 5) is 12.3. The van der Waals surface area contributed by atoms with Crippen LogP contribution in [0.1, 0.15) is 75.2 Å². The summed E-state index contributed by atoms with van der Waals surface area (Å²) < 4.78 is 32.5. The second-order valence-corrected chi connectivity index (χ2v) is 27.9. The summed E-state index contributed by atoms with van der Waals surface area (Å²) in [5.41, 5.74) is 0. The number of rotatable bonds is 12. The lowest BCUT2D eigenvalue weighted by atomic mass is 9.96. The van der Waals surface area contributed by atoms with Crippen molar-refractivity contribution >= 4 is 30.9 Å². The van der Waals surface area contributed by atoms with Crippen molar-refractivity contribution in [3.05, 3.63) is 0 Å². The molecule has 4 atom stereocenters. The van der Waals surface area contributed by atoms with Crippen molar-refractivity contribution in [3.8, 4) is 0 Å². The van der Waals surface area contributed by atoms with Crippen LogP contribution in [0, 0.1) is 0 Å². The molecule has 0 saturated carbocycles. The number of hydrogen-bond acceptors (Lipinski definition) is 6. The van der Waals surface area contributed by atoms with Gasteiger partial charge in [0.25, 0.3) is 0 Å². The fourth-order valence-corrected chi connectivity index (χ4v) is 9.51. The highest BCUT2D eigenvalue weighted by Gasteiger charge is 2.50. The molecule has 0 amide bonds. The van der Waals surface area contributed by atoms with Crippen molar-refractivity contribution in [2.24, 2.45) is 0 Å². The Kier molecular flexibility index (Phi) is 12.2. The highest BCUT2D eigenvalue weighted by atomic mass is 28.4. The maximum Gasteiger partial charge on any atom is 0.308 e. The van der Waals surface area contributed by atoms with E-state index in [0.717, 1.165) is 18.1 Å². The molecule has 1 heterocycles. The first-order valence-corrected chi connectivity index (χ1v) is 22.3. The Bertz CT molecular complexity index is 686. The van der Waals surface area contributed by atoms with Crippen molar-refractivity contribution in [3.63, 3.8) is 0 Å². The minimum atomic E-state index is -2.14. The van der Waals surface area contributed by atoms with Crippen LogP contribution in [0.2, 0.25) is 54.4 Å². The van der Waals surface area contributed by atoms with Crippen molar-refractivity contribution in [1.29, 1.82) is 0 Å². The van der Waals surface area contributed by atoms with Gasteiger partial charge in [0.15, 0.2) is 25.0 Å². The van der Waals surface area contributed by atoms with Crippen molar-refractivity contribution in [2.75, 3.05) is 13.7 Å². The third-order valence-electron chi connectivity index (χ3n) is 9.19. The van der Waals surface area contributed by atoms with E-state index in [4.69, 9.17) is 22.8 Å². The lowest BCUT2D eigenvalue weighted by Gasteiger charge is -2.50. The van der Waals surface area contributed by atoms with E-state index in [1.165, 1.54) is 7.11 Å². The lowest BCUT2D eigenvalue weighted by Crippen LogP contribution is -2.61. The summed E-state index contributed by atoms with van der Waals surface area (Å²) in [5.74, 6) is -0.256. The summed E-state index contributed by atoms with van der Waals surface area (Å²) in [7, 11) is -4.65. The Morgan fingerprint density at radius 2 is 1.33 bits per heavy atom. The van der Waals surface area contributed by atoms with Crippen molar-refractivity contribution in [2.45, 2.75) is 154 Å². The summed E-state index contributed by atoms with van der Waals surface area (Å²) in [6, 6.07) is 3.24. The van der Waals surface area contributed by atoms with Gasteiger partial charge in [-0.1, -0.05) is 62.3 Å². The van der Waals surface area contributed by atoms with E-state index in [1.54, 1.807) is 0 Å². The molecule has 0 aromatic carbocycles. The number of methoxy groups -OCH3 is 1. The van der Waals surface area contributed by atoms with Crippen LogP contribution in [0.4, 0.5) is 0 Å². The topological polar surface area (TPSA) is 63.2 Å². The second kappa shape index (κ2) is 12.9. The molecule has 0 bridgehead atoms. The third-order valence-corrected chi connectivity index (χ3v) is 22.8. The molecule has 0 spiro atoms. The largest absolute Gasteiger partial charge is 0.469 e. The minimum absolute atomic E-state index is 0.0531. The van der Waals surface area contributed by atoms with E-state index in [1.807, 2.05) is 0 Å². The Morgan fingerprint density at radius 3 is 1.75 bits per heavy atom. The molecule has 1 saturated heterocycles. The molecule has 1 fully saturated rings. The first kappa shape index (κ1) is 34.0. The first-order chi connectivity index (χ1) is 16.3. The zero-order valence-corrected chi connectivity index (χ0v) is 29.0. The van der Waals surface area contributed by atoms with Gasteiger partial charge in [0.1, 0.15) is 6.10 Å². The fraction of sp³-hybridized carbons (Fsp3) is 0.963. The molecule has 9 heteroatoms. The molecule has 1 aliphatic heterocycles. The zero-order valence-electron chi connectivity index (χ0n) is 26.0. The highest BCUT2D eigenvalue weighted by molar-refractivity contribution is 6.75. The third kappa shape index (κ3) is 8.74. The summed E-state index contributed by atoms with van der Waals surface area (Å²) in [5, 5.41) is 0.114. The maximum atomic E-state index is 12.3. The summed E-state index contributed by atoms with van der Waals surface area (Å²) in [6.45, 7) is 30.0. The van der Waals surface area contributed by atoms with E-state index in [2.05, 4.69) is 88.5 Å². The molecule has 0 aromatic heterocycles. The van der Waals surface area contributed by atoms with Crippen LogP contribution in [0.3, 0.4) is 0 Å². The van der Waals surface area contributed by atoms with Gasteiger partial charge in [-0.2, -0.15) is 0 Å². The Balaban J connectivity index is 3.47. The molecule has 36 heavy (non-hydrogen) atoms. The standard InChI is InChI=1S/C27H58O6Si3/c1-15-36(16-2,17-3)30-20-23-25(33-35(13,14)27(7,8)9)22(32-34(11,12)26(4,5)6)18-21(31-23)19-24(28)29-10/h21-23,25H,15-20H2,1-14H3/t21-,22-,23-,25+/m0/s1. The number of ether oxygens (including phenoxy) is 2. The molecule has 6 nitrogen and oxygen atoms in total. The Morgan fingerprint density at radius 1 is 0.861 bits per heavy atom. The molecule has 1 rings (SSSR count). The normalized spacial score (nSPS) is 24.6. The van der Waals surface area contributed by atoms with Gasteiger partial charge in [-0.15, -0.1) is 0 Å². The molecule has 0 aromatic rings. The SMILES string of the molecule is CC[Si](CC)(CC)OC[C@@H]1O[C@H](CC(=O)OC)C[C@H](O[Si](C)(C)C(C)(C)C)[C@H]1O[Si](C)(C)C(C)(C)C. The van der Waals surface area contributed by atoms with Crippen LogP contribution >= 0.6 is 0 Å². The number of hydrogen-bond donors (Lipinski definition) is 0. The average Bonchev–Trinajstić information content (AvgIpc) is 2.75. The molecule has 0 radical (unpaired) electrons. The maximum absolute atomic E-state index is 12.3. The average molecular weight is 563 g/mol. The number of carbonyl (C=O) groups is 1. The first-order valence-electron chi connectivity index (χ1n) is 14.0. The molecule has 214 valence electrons. The van der Waals surface area contributed by atoms with Crippen LogP contribution < -0.4 is 0 Å². The van der Waals surface area contributed by atoms with Crippen molar-refractivity contribution < 1.29 is 27.5 Å². The molecule has 0 unspecified atom stereocenters. The number of esters is 1. The fourth-order valence-electron chi connectivity index (χ4n) is 4.20. The summed E-state index contributed by atoms with van der Waals surface area (Å²) in [6.07, 6.45) is -0.108. The van der Waals surface area contributed by atoms with Gasteiger partial charge in [-0.3, -0.25) is 4.79 Å². The van der Waals surface area contributed by atoms with Crippen LogP contribution in [0.25, 0.3) is 0 Å². The van der Waals surface area contributed by atoms with E-state index in [9.17, 15) is 4.79 Å². The second-order valence-electron chi connectivity index (χ2n) is 13.6. The predicted molar refractivity (Wildman–Crippen MR) is 157 cm³/mol. The van der Waals surface area contributed by atoms with Crippen LogP contribution in [0.5, 0.6) is 0 Å². The van der Waals surface area contributed by atoms with Crippen molar-refractivity contribution in [1.82, 2.24) is 0 Å². The molecular weight excluding hydrogens is 505 g/mol. The van der Waals surface area contributed by atoms with Crippen LogP contribution in [0.15, 0.2) is 0 Å². The van der Waals surface area contributed by atoms with Gasteiger partial charge >= 0.3 is 5.97 Å². The van der Waals surface area contributed by atoms with Gasteiger partial charge in [0, 0.05) is 6.42 Å². The van der Waals surface area contributed by atoms with E-state index < -0.39 is 25.0 Å². The lowest BCUT2D eigenvalue weighted by molar-refractivity contribution is -0.177. The molecule has 0 aliphatic carbocycles. The summed E-state index contributed by atoms with van der Waals surface area (Å²) >= 11 is 0. The molecule has 1 aliphatic rings. The number of carbonyl (C=O) groups excluding carboxylic acids is 1. The molecule has 0 N–H and O–H groups in total. The van der Waals surface area contributed by atoms with Gasteiger partial charge in [-0.25, -0.2) is 0 Å². The van der Waals surface area contributed by atoms with Crippen LogP contribution in [-0.4, -0.2) is 69.1 Å². The zero-order chi connectivity index (χ0) is 28.2. The van der Waals surface area contributed by atoms with Gasteiger partial charge in [0.05, 0.1) is 38.4 Å². The quantitative estimate of drug-likeness (QED) is 0.181. The minimum Gasteiger partial charge on any atom is -0.469 e. The highest BCUT2D eigenvalue weighted by Crippen LogP contribution is 2.43. The smallest absolute Gasteiger partial charge is 0.308 e. The Labute approximate surface area is 225 Å². The van der Waals surface area contributed by atoms with Crippen LogP contribution in [-0.2, 0) is 27.5 Å². The van der Waals surface area contributed by atoms with Gasteiger partial charge in [-0.05, 0) is 54.4 Å². The van der Waals surface area contributed by atoms with Gasteiger partial charge in [0.2, 0.25) is 0 Å². The predicted octanol–water partition coefficient (Wildman–Crippen LogP) is 7.51. The Hall–Kier alpha value is -0.0394.